The number of ether oxygens (including phenoxy) is 2. The fourth-order valence-corrected chi connectivity index (χ4v) is 3.45. The van der Waals surface area contributed by atoms with Crippen LogP contribution in [0, 0.1) is 12.8 Å². The zero-order chi connectivity index (χ0) is 13.9. The number of H-pyrrole nitrogens is 1. The molecule has 0 spiro atoms. The van der Waals surface area contributed by atoms with Gasteiger partial charge in [-0.05, 0) is 19.8 Å². The number of nitrogens with zero attached hydrogens (tertiary/aromatic N) is 3. The van der Waals surface area contributed by atoms with Crippen molar-refractivity contribution < 1.29 is 9.47 Å². The number of likely N-dealkylation sites (tertiary alicyclic amines) is 1. The number of aromatic nitrogens is 3. The minimum atomic E-state index is 0.378. The van der Waals surface area contributed by atoms with Crippen molar-refractivity contribution in [1.82, 2.24) is 20.1 Å². The van der Waals surface area contributed by atoms with Crippen LogP contribution in [0.1, 0.15) is 30.4 Å². The van der Waals surface area contributed by atoms with Crippen molar-refractivity contribution in [2.75, 3.05) is 40.0 Å². The van der Waals surface area contributed by atoms with Crippen LogP contribution >= 0.6 is 0 Å². The maximum atomic E-state index is 5.47. The molecule has 0 aromatic carbocycles. The summed E-state index contributed by atoms with van der Waals surface area (Å²) < 4.78 is 10.9. The number of rotatable bonds is 4. The van der Waals surface area contributed by atoms with Crippen molar-refractivity contribution in [3.05, 3.63) is 11.6 Å². The molecule has 3 heterocycles. The first kappa shape index (κ1) is 14.0. The topological polar surface area (TPSA) is 63.3 Å². The molecule has 6 heteroatoms. The molecule has 1 aromatic rings. The van der Waals surface area contributed by atoms with Gasteiger partial charge in [0.2, 0.25) is 0 Å². The Kier molecular flexibility index (Phi) is 4.33. The van der Waals surface area contributed by atoms with Gasteiger partial charge in [-0.15, -0.1) is 0 Å². The summed E-state index contributed by atoms with van der Waals surface area (Å²) in [7, 11) is 1.78. The highest BCUT2D eigenvalue weighted by Gasteiger charge is 2.39. The third-order valence-electron chi connectivity index (χ3n) is 4.50. The fourth-order valence-electron chi connectivity index (χ4n) is 3.45. The SMILES string of the molecule is COC[C@@H]1CN(C2CCOCC2)C[C@H]1c1n[nH]c(C)n1. The third-order valence-corrected chi connectivity index (χ3v) is 4.50. The van der Waals surface area contributed by atoms with E-state index in [1.165, 1.54) is 0 Å². The van der Waals surface area contributed by atoms with E-state index < -0.39 is 0 Å². The van der Waals surface area contributed by atoms with Gasteiger partial charge in [0.15, 0.2) is 5.82 Å². The van der Waals surface area contributed by atoms with Gasteiger partial charge in [0.1, 0.15) is 5.82 Å². The van der Waals surface area contributed by atoms with Crippen LogP contribution in [0.25, 0.3) is 0 Å². The number of aromatic amines is 1. The standard InChI is InChI=1S/C14H24N4O2/c1-10-15-14(17-16-10)13-8-18(7-11(13)9-19-2)12-3-5-20-6-4-12/h11-13H,3-9H2,1-2H3,(H,15,16,17)/t11-,13+/m0/s1. The van der Waals surface area contributed by atoms with Crippen LogP contribution < -0.4 is 0 Å². The lowest BCUT2D eigenvalue weighted by Crippen LogP contribution is -2.38. The smallest absolute Gasteiger partial charge is 0.155 e. The largest absolute Gasteiger partial charge is 0.384 e. The lowest BCUT2D eigenvalue weighted by atomic mass is 9.96. The Labute approximate surface area is 119 Å². The van der Waals surface area contributed by atoms with Crippen LogP contribution in [0.4, 0.5) is 0 Å². The normalized spacial score (nSPS) is 29.1. The highest BCUT2D eigenvalue weighted by Crippen LogP contribution is 2.33. The predicted molar refractivity (Wildman–Crippen MR) is 74.6 cm³/mol. The molecule has 1 aromatic heterocycles. The predicted octanol–water partition coefficient (Wildman–Crippen LogP) is 0.954. The molecule has 0 bridgehead atoms. The van der Waals surface area contributed by atoms with Gasteiger partial charge < -0.3 is 9.47 Å². The Morgan fingerprint density at radius 3 is 2.80 bits per heavy atom. The molecular weight excluding hydrogens is 256 g/mol. The molecule has 2 saturated heterocycles. The highest BCUT2D eigenvalue weighted by molar-refractivity contribution is 5.06. The van der Waals surface area contributed by atoms with E-state index in [1.54, 1.807) is 7.11 Å². The van der Waals surface area contributed by atoms with Gasteiger partial charge >= 0.3 is 0 Å². The van der Waals surface area contributed by atoms with E-state index in [1.807, 2.05) is 6.92 Å². The lowest BCUT2D eigenvalue weighted by Gasteiger charge is -2.31. The molecular formula is C14H24N4O2. The van der Waals surface area contributed by atoms with Gasteiger partial charge in [-0.25, -0.2) is 4.98 Å². The van der Waals surface area contributed by atoms with Gasteiger partial charge in [0, 0.05) is 51.3 Å². The minimum absolute atomic E-state index is 0.378. The Morgan fingerprint density at radius 1 is 1.35 bits per heavy atom. The van der Waals surface area contributed by atoms with E-state index in [4.69, 9.17) is 9.47 Å². The van der Waals surface area contributed by atoms with Gasteiger partial charge in [0.05, 0.1) is 6.61 Å². The van der Waals surface area contributed by atoms with Crippen molar-refractivity contribution >= 4 is 0 Å². The number of hydrogen-bond acceptors (Lipinski definition) is 5. The summed E-state index contributed by atoms with van der Waals surface area (Å²) in [6.45, 7) is 6.62. The summed E-state index contributed by atoms with van der Waals surface area (Å²) in [6, 6.07) is 0.646. The number of methoxy groups -OCH3 is 1. The summed E-state index contributed by atoms with van der Waals surface area (Å²) in [5.74, 6) is 2.69. The lowest BCUT2D eigenvalue weighted by molar-refractivity contribution is 0.0393. The van der Waals surface area contributed by atoms with Crippen molar-refractivity contribution in [2.24, 2.45) is 5.92 Å². The van der Waals surface area contributed by atoms with Crippen molar-refractivity contribution in [2.45, 2.75) is 31.7 Å². The first-order chi connectivity index (χ1) is 9.78. The fraction of sp³-hybridized carbons (Fsp3) is 0.857. The van der Waals surface area contributed by atoms with Crippen LogP contribution in [0.15, 0.2) is 0 Å². The molecule has 2 aliphatic rings. The van der Waals surface area contributed by atoms with Crippen LogP contribution in [0.3, 0.4) is 0 Å². The minimum Gasteiger partial charge on any atom is -0.384 e. The number of nitrogens with one attached hydrogen (secondary N) is 1. The molecule has 2 aliphatic heterocycles. The van der Waals surface area contributed by atoms with E-state index in [-0.39, 0.29) is 0 Å². The van der Waals surface area contributed by atoms with Crippen LogP contribution in [-0.4, -0.2) is 66.1 Å². The van der Waals surface area contributed by atoms with Gasteiger partial charge in [-0.2, -0.15) is 5.10 Å². The molecule has 6 nitrogen and oxygen atoms in total. The summed E-state index contributed by atoms with van der Waals surface area (Å²) in [4.78, 5) is 7.12. The molecule has 3 rings (SSSR count). The molecule has 1 N–H and O–H groups in total. The summed E-state index contributed by atoms with van der Waals surface area (Å²) >= 11 is 0. The average molecular weight is 280 g/mol. The van der Waals surface area contributed by atoms with Gasteiger partial charge in [0.25, 0.3) is 0 Å². The molecule has 0 unspecified atom stereocenters. The van der Waals surface area contributed by atoms with Crippen LogP contribution in [0.2, 0.25) is 0 Å². The Hall–Kier alpha value is -0.980. The monoisotopic (exact) mass is 280 g/mol. The maximum Gasteiger partial charge on any atom is 0.155 e. The van der Waals surface area contributed by atoms with Gasteiger partial charge in [-0.3, -0.25) is 10.00 Å². The quantitative estimate of drug-likeness (QED) is 0.890. The zero-order valence-electron chi connectivity index (χ0n) is 12.3. The first-order valence-electron chi connectivity index (χ1n) is 7.47. The second kappa shape index (κ2) is 6.20. The van der Waals surface area contributed by atoms with Crippen LogP contribution in [0.5, 0.6) is 0 Å². The van der Waals surface area contributed by atoms with E-state index in [9.17, 15) is 0 Å². The van der Waals surface area contributed by atoms with Gasteiger partial charge in [-0.1, -0.05) is 0 Å². The molecule has 112 valence electrons. The van der Waals surface area contributed by atoms with E-state index in [0.717, 1.165) is 57.4 Å². The van der Waals surface area contributed by atoms with E-state index >= 15 is 0 Å². The molecule has 0 saturated carbocycles. The Bertz CT molecular complexity index is 431. The molecule has 0 aliphatic carbocycles. The Morgan fingerprint density at radius 2 is 2.15 bits per heavy atom. The summed E-state index contributed by atoms with van der Waals surface area (Å²) in [5, 5.41) is 7.33. The van der Waals surface area contributed by atoms with Crippen molar-refractivity contribution in [3.8, 4) is 0 Å². The summed E-state index contributed by atoms with van der Waals surface area (Å²) in [5.41, 5.74) is 0. The van der Waals surface area contributed by atoms with E-state index in [2.05, 4.69) is 20.1 Å². The number of aryl methyl sites for hydroxylation is 1. The van der Waals surface area contributed by atoms with Crippen molar-refractivity contribution in [3.63, 3.8) is 0 Å². The second-order valence-corrected chi connectivity index (χ2v) is 5.90. The second-order valence-electron chi connectivity index (χ2n) is 5.90. The number of hydrogen-bond donors (Lipinski definition) is 1. The van der Waals surface area contributed by atoms with Crippen LogP contribution in [-0.2, 0) is 9.47 Å². The average Bonchev–Trinajstić information content (AvgIpc) is 3.07. The molecule has 2 fully saturated rings. The highest BCUT2D eigenvalue weighted by atomic mass is 16.5. The zero-order valence-corrected chi connectivity index (χ0v) is 12.3. The maximum absolute atomic E-state index is 5.47. The van der Waals surface area contributed by atoms with Crippen molar-refractivity contribution in [1.29, 1.82) is 0 Å². The molecule has 0 amide bonds. The van der Waals surface area contributed by atoms with E-state index in [0.29, 0.717) is 17.9 Å². The molecule has 0 radical (unpaired) electrons. The summed E-state index contributed by atoms with van der Waals surface area (Å²) in [6.07, 6.45) is 2.28. The molecule has 2 atom stereocenters. The first-order valence-corrected chi connectivity index (χ1v) is 7.47. The third kappa shape index (κ3) is 2.87. The molecule has 20 heavy (non-hydrogen) atoms. The Balaban J connectivity index is 1.71.